The molecule has 1 heterocycles. The van der Waals surface area contributed by atoms with Gasteiger partial charge in [-0.05, 0) is 50.1 Å². The third-order valence-electron chi connectivity index (χ3n) is 3.32. The Balaban J connectivity index is 1.69. The zero-order valence-corrected chi connectivity index (χ0v) is 11.5. The number of halogens is 1. The Bertz CT molecular complexity index is 421. The number of likely N-dealkylation sites (tertiary alicyclic amines) is 1. The summed E-state index contributed by atoms with van der Waals surface area (Å²) in [6.45, 7) is 2.23. The van der Waals surface area contributed by atoms with E-state index < -0.39 is 5.97 Å². The molecule has 1 N–H and O–H groups in total. The Kier molecular flexibility index (Phi) is 5.05. The largest absolute Gasteiger partial charge is 0.494 e. The summed E-state index contributed by atoms with van der Waals surface area (Å²) in [5.41, 5.74) is 0. The lowest BCUT2D eigenvalue weighted by Gasteiger charge is -2.20. The van der Waals surface area contributed by atoms with Crippen LogP contribution in [0.25, 0.3) is 0 Å². The van der Waals surface area contributed by atoms with Crippen molar-refractivity contribution in [3.8, 4) is 5.75 Å². The number of carboxylic acids is 1. The van der Waals surface area contributed by atoms with Crippen molar-refractivity contribution in [3.05, 3.63) is 29.3 Å². The molecule has 1 aliphatic rings. The van der Waals surface area contributed by atoms with Gasteiger partial charge in [-0.3, -0.25) is 9.69 Å². The molecule has 0 aromatic heterocycles. The molecule has 19 heavy (non-hydrogen) atoms. The molecule has 1 aliphatic heterocycles. The Morgan fingerprint density at radius 3 is 2.84 bits per heavy atom. The van der Waals surface area contributed by atoms with Crippen LogP contribution in [0.15, 0.2) is 24.3 Å². The minimum absolute atomic E-state index is 0.310. The Morgan fingerprint density at radius 1 is 1.42 bits per heavy atom. The van der Waals surface area contributed by atoms with Crippen molar-refractivity contribution in [2.45, 2.75) is 25.3 Å². The van der Waals surface area contributed by atoms with Gasteiger partial charge in [0.25, 0.3) is 0 Å². The van der Waals surface area contributed by atoms with Gasteiger partial charge in [0.2, 0.25) is 0 Å². The lowest BCUT2D eigenvalue weighted by Crippen LogP contribution is -2.36. The molecule has 4 nitrogen and oxygen atoms in total. The lowest BCUT2D eigenvalue weighted by atomic mass is 10.2. The summed E-state index contributed by atoms with van der Waals surface area (Å²) in [4.78, 5) is 13.0. The Hall–Kier alpha value is -1.26. The minimum Gasteiger partial charge on any atom is -0.494 e. The van der Waals surface area contributed by atoms with Gasteiger partial charge in [0.05, 0.1) is 6.61 Å². The zero-order chi connectivity index (χ0) is 13.7. The fourth-order valence-corrected chi connectivity index (χ4v) is 2.49. The number of rotatable bonds is 6. The van der Waals surface area contributed by atoms with Crippen LogP contribution in [0.1, 0.15) is 19.3 Å². The molecule has 2 rings (SSSR count). The van der Waals surface area contributed by atoms with Crippen molar-refractivity contribution < 1.29 is 14.6 Å². The van der Waals surface area contributed by atoms with Crippen LogP contribution in [-0.4, -0.2) is 41.7 Å². The normalized spacial score (nSPS) is 19.5. The summed E-state index contributed by atoms with van der Waals surface area (Å²) in [6, 6.07) is 6.93. The lowest BCUT2D eigenvalue weighted by molar-refractivity contribution is -0.142. The van der Waals surface area contributed by atoms with Gasteiger partial charge < -0.3 is 9.84 Å². The van der Waals surface area contributed by atoms with Crippen LogP contribution in [0, 0.1) is 0 Å². The van der Waals surface area contributed by atoms with E-state index in [1.807, 2.05) is 17.0 Å². The average molecular weight is 284 g/mol. The maximum atomic E-state index is 11.0. The van der Waals surface area contributed by atoms with Crippen LogP contribution in [0.3, 0.4) is 0 Å². The molecule has 5 heteroatoms. The number of nitrogens with zero attached hydrogens (tertiary/aromatic N) is 1. The molecular formula is C14H18ClNO3. The third kappa shape index (κ3) is 4.11. The summed E-state index contributed by atoms with van der Waals surface area (Å²) in [5.74, 6) is 0.0803. The van der Waals surface area contributed by atoms with E-state index in [0.717, 1.165) is 38.1 Å². The van der Waals surface area contributed by atoms with E-state index in [9.17, 15) is 4.79 Å². The van der Waals surface area contributed by atoms with Crippen molar-refractivity contribution >= 4 is 17.6 Å². The van der Waals surface area contributed by atoms with E-state index in [-0.39, 0.29) is 6.04 Å². The number of benzene rings is 1. The van der Waals surface area contributed by atoms with Gasteiger partial charge in [0.15, 0.2) is 0 Å². The molecule has 1 fully saturated rings. The molecule has 0 spiro atoms. The molecule has 1 aromatic rings. The van der Waals surface area contributed by atoms with Gasteiger partial charge in [-0.1, -0.05) is 11.6 Å². The van der Waals surface area contributed by atoms with Crippen LogP contribution in [0.4, 0.5) is 0 Å². The summed E-state index contributed by atoms with van der Waals surface area (Å²) < 4.78 is 5.58. The van der Waals surface area contributed by atoms with E-state index in [1.54, 1.807) is 12.1 Å². The Morgan fingerprint density at radius 2 is 2.16 bits per heavy atom. The van der Waals surface area contributed by atoms with Crippen molar-refractivity contribution in [1.82, 2.24) is 4.90 Å². The molecule has 1 aromatic carbocycles. The first-order valence-corrected chi connectivity index (χ1v) is 6.90. The maximum absolute atomic E-state index is 11.0. The van der Waals surface area contributed by atoms with Gasteiger partial charge in [0.1, 0.15) is 11.8 Å². The third-order valence-corrected chi connectivity index (χ3v) is 3.57. The SMILES string of the molecule is O=C(O)C1CCCN1CCCOc1ccc(Cl)cc1. The molecule has 1 atom stereocenters. The fraction of sp³-hybridized carbons (Fsp3) is 0.500. The van der Waals surface area contributed by atoms with Crippen LogP contribution < -0.4 is 4.74 Å². The quantitative estimate of drug-likeness (QED) is 0.816. The number of ether oxygens (including phenoxy) is 1. The number of hydrogen-bond acceptors (Lipinski definition) is 3. The molecule has 1 saturated heterocycles. The van der Waals surface area contributed by atoms with Crippen LogP contribution >= 0.6 is 11.6 Å². The highest BCUT2D eigenvalue weighted by Crippen LogP contribution is 2.18. The molecular weight excluding hydrogens is 266 g/mol. The van der Waals surface area contributed by atoms with Crippen molar-refractivity contribution in [2.75, 3.05) is 19.7 Å². The van der Waals surface area contributed by atoms with Crippen LogP contribution in [0.2, 0.25) is 5.02 Å². The highest BCUT2D eigenvalue weighted by atomic mass is 35.5. The average Bonchev–Trinajstić information content (AvgIpc) is 2.85. The predicted octanol–water partition coefficient (Wildman–Crippen LogP) is 2.66. The standard InChI is InChI=1S/C14H18ClNO3/c15-11-4-6-12(7-5-11)19-10-2-9-16-8-1-3-13(16)14(17)18/h4-7,13H,1-3,8-10H2,(H,17,18). The van der Waals surface area contributed by atoms with E-state index in [2.05, 4.69) is 0 Å². The molecule has 0 aliphatic carbocycles. The number of aliphatic carboxylic acids is 1. The topological polar surface area (TPSA) is 49.8 Å². The van der Waals surface area contributed by atoms with Crippen molar-refractivity contribution in [3.63, 3.8) is 0 Å². The summed E-state index contributed by atoms with van der Waals surface area (Å²) in [7, 11) is 0. The minimum atomic E-state index is -0.712. The first-order chi connectivity index (χ1) is 9.16. The zero-order valence-electron chi connectivity index (χ0n) is 10.7. The highest BCUT2D eigenvalue weighted by molar-refractivity contribution is 6.30. The highest BCUT2D eigenvalue weighted by Gasteiger charge is 2.29. The molecule has 0 radical (unpaired) electrons. The smallest absolute Gasteiger partial charge is 0.320 e. The van der Waals surface area contributed by atoms with Crippen LogP contribution in [-0.2, 0) is 4.79 Å². The van der Waals surface area contributed by atoms with Crippen LogP contribution in [0.5, 0.6) is 5.75 Å². The summed E-state index contributed by atoms with van der Waals surface area (Å²) in [6.07, 6.45) is 2.55. The number of carbonyl (C=O) groups is 1. The van der Waals surface area contributed by atoms with Gasteiger partial charge in [-0.2, -0.15) is 0 Å². The van der Waals surface area contributed by atoms with E-state index in [1.165, 1.54) is 0 Å². The van der Waals surface area contributed by atoms with Crippen molar-refractivity contribution in [2.24, 2.45) is 0 Å². The maximum Gasteiger partial charge on any atom is 0.320 e. The molecule has 0 bridgehead atoms. The van der Waals surface area contributed by atoms with E-state index in [0.29, 0.717) is 11.6 Å². The van der Waals surface area contributed by atoms with E-state index >= 15 is 0 Å². The Labute approximate surface area is 117 Å². The molecule has 1 unspecified atom stereocenters. The predicted molar refractivity (Wildman–Crippen MR) is 73.8 cm³/mol. The van der Waals surface area contributed by atoms with Gasteiger partial charge in [-0.15, -0.1) is 0 Å². The molecule has 0 amide bonds. The summed E-state index contributed by atoms with van der Waals surface area (Å²) >= 11 is 5.79. The molecule has 104 valence electrons. The first kappa shape index (κ1) is 14.2. The van der Waals surface area contributed by atoms with Crippen molar-refractivity contribution in [1.29, 1.82) is 0 Å². The monoisotopic (exact) mass is 283 g/mol. The van der Waals surface area contributed by atoms with E-state index in [4.69, 9.17) is 21.4 Å². The van der Waals surface area contributed by atoms with Gasteiger partial charge in [0, 0.05) is 11.6 Å². The summed E-state index contributed by atoms with van der Waals surface area (Å²) in [5, 5.41) is 9.75. The number of hydrogen-bond donors (Lipinski definition) is 1. The van der Waals surface area contributed by atoms with Gasteiger partial charge in [-0.25, -0.2) is 0 Å². The number of carboxylic acid groups (broad SMARTS) is 1. The second-order valence-corrected chi connectivity index (χ2v) is 5.12. The van der Waals surface area contributed by atoms with Gasteiger partial charge >= 0.3 is 5.97 Å². The molecule has 0 saturated carbocycles. The second-order valence-electron chi connectivity index (χ2n) is 4.69. The fourth-order valence-electron chi connectivity index (χ4n) is 2.36. The second kappa shape index (κ2) is 6.78. The first-order valence-electron chi connectivity index (χ1n) is 6.52.